The molecule has 0 aliphatic rings. The van der Waals surface area contributed by atoms with E-state index >= 15 is 0 Å². The molecule has 6 nitrogen and oxygen atoms in total. The van der Waals surface area contributed by atoms with Crippen molar-refractivity contribution in [3.05, 3.63) is 41.0 Å². The number of nitrogens with two attached hydrogens (primary N) is 1. The maximum absolute atomic E-state index is 9.85. The lowest BCUT2D eigenvalue weighted by Crippen LogP contribution is -1.87. The van der Waals surface area contributed by atoms with Crippen molar-refractivity contribution in [2.45, 2.75) is 0 Å². The van der Waals surface area contributed by atoms with Crippen molar-refractivity contribution in [3.63, 3.8) is 0 Å². The Bertz CT molecular complexity index is 773. The molecule has 3 N–H and O–H groups in total. The molecule has 20 heavy (non-hydrogen) atoms. The molecule has 0 saturated heterocycles. The fourth-order valence-electron chi connectivity index (χ4n) is 1.71. The second kappa shape index (κ2) is 4.93. The number of aromatic hydroxyl groups is 1. The first-order chi connectivity index (χ1) is 9.65. The van der Waals surface area contributed by atoms with Crippen molar-refractivity contribution in [3.8, 4) is 28.7 Å². The van der Waals surface area contributed by atoms with Gasteiger partial charge >= 0.3 is 0 Å². The molecule has 0 amide bonds. The molecule has 1 aromatic carbocycles. The number of nitrogen functional groups attached to an aromatic ring is 1. The van der Waals surface area contributed by atoms with Gasteiger partial charge in [0, 0.05) is 22.4 Å². The molecule has 0 radical (unpaired) electrons. The molecule has 3 rings (SSSR count). The van der Waals surface area contributed by atoms with Crippen LogP contribution in [0.2, 0.25) is 0 Å². The first-order valence-electron chi connectivity index (χ1n) is 5.68. The summed E-state index contributed by atoms with van der Waals surface area (Å²) in [5.41, 5.74) is 7.02. The fourth-order valence-corrected chi connectivity index (χ4v) is 2.14. The van der Waals surface area contributed by atoms with E-state index in [1.165, 1.54) is 6.07 Å². The number of pyridine rings is 1. The molecule has 7 heteroatoms. The predicted octanol–water partition coefficient (Wildman–Crippen LogP) is 2.85. The van der Waals surface area contributed by atoms with Gasteiger partial charge in [-0.05, 0) is 40.2 Å². The van der Waals surface area contributed by atoms with E-state index in [-0.39, 0.29) is 11.6 Å². The molecule has 0 fully saturated rings. The Balaban J connectivity index is 2.04. The normalized spacial score (nSPS) is 10.7. The van der Waals surface area contributed by atoms with Crippen LogP contribution >= 0.6 is 15.9 Å². The van der Waals surface area contributed by atoms with Crippen LogP contribution in [0.4, 0.5) is 5.69 Å². The molecule has 0 spiro atoms. The highest BCUT2D eigenvalue weighted by Crippen LogP contribution is 2.31. The third-order valence-electron chi connectivity index (χ3n) is 2.65. The molecule has 0 saturated carbocycles. The number of phenols is 1. The number of phenolic OH excluding ortho intramolecular Hbond substituents is 1. The van der Waals surface area contributed by atoms with Gasteiger partial charge in [-0.15, -0.1) is 0 Å². The van der Waals surface area contributed by atoms with Crippen LogP contribution < -0.4 is 5.73 Å². The minimum atomic E-state index is -0.0136. The van der Waals surface area contributed by atoms with Crippen molar-refractivity contribution < 1.29 is 9.63 Å². The van der Waals surface area contributed by atoms with E-state index in [2.05, 4.69) is 31.1 Å². The molecule has 3 aromatic rings. The number of anilines is 1. The number of hydrogen-bond acceptors (Lipinski definition) is 6. The summed E-state index contributed by atoms with van der Waals surface area (Å²) in [4.78, 5) is 8.41. The van der Waals surface area contributed by atoms with Gasteiger partial charge in [-0.1, -0.05) is 5.16 Å². The summed E-state index contributed by atoms with van der Waals surface area (Å²) in [6, 6.07) is 8.32. The predicted molar refractivity (Wildman–Crippen MR) is 76.7 cm³/mol. The van der Waals surface area contributed by atoms with E-state index in [1.807, 2.05) is 6.07 Å². The third-order valence-corrected chi connectivity index (χ3v) is 3.29. The van der Waals surface area contributed by atoms with E-state index in [9.17, 15) is 5.11 Å². The number of benzene rings is 1. The lowest BCUT2D eigenvalue weighted by Gasteiger charge is -1.99. The Hall–Kier alpha value is -2.41. The van der Waals surface area contributed by atoms with Crippen molar-refractivity contribution in [1.82, 2.24) is 15.1 Å². The van der Waals surface area contributed by atoms with Gasteiger partial charge < -0.3 is 15.4 Å². The zero-order valence-electron chi connectivity index (χ0n) is 10.1. The summed E-state index contributed by atoms with van der Waals surface area (Å²) in [7, 11) is 0. The van der Waals surface area contributed by atoms with Crippen LogP contribution in [0.5, 0.6) is 5.75 Å². The van der Waals surface area contributed by atoms with E-state index in [1.54, 1.807) is 24.4 Å². The summed E-state index contributed by atoms with van der Waals surface area (Å²) >= 11 is 3.37. The van der Waals surface area contributed by atoms with Crippen molar-refractivity contribution >= 4 is 21.6 Å². The van der Waals surface area contributed by atoms with Gasteiger partial charge in [0.05, 0.1) is 5.56 Å². The number of halogens is 1. The van der Waals surface area contributed by atoms with E-state index in [0.717, 1.165) is 4.47 Å². The number of nitrogens with zero attached hydrogens (tertiary/aromatic N) is 3. The minimum absolute atomic E-state index is 0.0136. The highest BCUT2D eigenvalue weighted by atomic mass is 79.9. The van der Waals surface area contributed by atoms with Gasteiger partial charge in [-0.2, -0.15) is 4.98 Å². The highest BCUT2D eigenvalue weighted by Gasteiger charge is 2.16. The molecule has 0 unspecified atom stereocenters. The van der Waals surface area contributed by atoms with Gasteiger partial charge in [0.2, 0.25) is 5.82 Å². The van der Waals surface area contributed by atoms with Crippen LogP contribution in [0.25, 0.3) is 23.0 Å². The number of aromatic nitrogens is 3. The first kappa shape index (κ1) is 12.6. The Kier molecular flexibility index (Phi) is 3.11. The molecule has 0 aliphatic heterocycles. The van der Waals surface area contributed by atoms with Gasteiger partial charge in [0.1, 0.15) is 11.4 Å². The summed E-state index contributed by atoms with van der Waals surface area (Å²) < 4.78 is 5.92. The summed E-state index contributed by atoms with van der Waals surface area (Å²) in [5, 5.41) is 13.7. The Morgan fingerprint density at radius 1 is 1.25 bits per heavy atom. The molecule has 0 bridgehead atoms. The van der Waals surface area contributed by atoms with Crippen molar-refractivity contribution in [2.24, 2.45) is 0 Å². The number of hydrogen-bond donors (Lipinski definition) is 2. The Morgan fingerprint density at radius 3 is 2.85 bits per heavy atom. The highest BCUT2D eigenvalue weighted by molar-refractivity contribution is 9.10. The molecule has 100 valence electrons. The monoisotopic (exact) mass is 332 g/mol. The van der Waals surface area contributed by atoms with Crippen molar-refractivity contribution in [1.29, 1.82) is 0 Å². The lowest BCUT2D eigenvalue weighted by molar-refractivity contribution is 0.425. The summed E-state index contributed by atoms with van der Waals surface area (Å²) in [6.45, 7) is 0. The minimum Gasteiger partial charge on any atom is -0.507 e. The van der Waals surface area contributed by atoms with Crippen LogP contribution in [0.1, 0.15) is 0 Å². The molecule has 2 aromatic heterocycles. The van der Waals surface area contributed by atoms with Gasteiger partial charge in [-0.25, -0.2) is 0 Å². The summed E-state index contributed by atoms with van der Waals surface area (Å²) in [5.74, 6) is 0.527. The van der Waals surface area contributed by atoms with Gasteiger partial charge in [0.25, 0.3) is 5.89 Å². The Labute approximate surface area is 122 Å². The largest absolute Gasteiger partial charge is 0.507 e. The topological polar surface area (TPSA) is 98.1 Å². The van der Waals surface area contributed by atoms with Crippen LogP contribution in [-0.4, -0.2) is 20.2 Å². The van der Waals surface area contributed by atoms with E-state index < -0.39 is 0 Å². The maximum Gasteiger partial charge on any atom is 0.262 e. The van der Waals surface area contributed by atoms with Crippen LogP contribution in [0.15, 0.2) is 45.5 Å². The van der Waals surface area contributed by atoms with E-state index in [4.69, 9.17) is 10.3 Å². The first-order valence-corrected chi connectivity index (χ1v) is 6.48. The van der Waals surface area contributed by atoms with Gasteiger partial charge in [-0.3, -0.25) is 4.98 Å². The van der Waals surface area contributed by atoms with Gasteiger partial charge in [0.15, 0.2) is 0 Å². The average Bonchev–Trinajstić information content (AvgIpc) is 2.88. The smallest absolute Gasteiger partial charge is 0.262 e. The Morgan fingerprint density at radius 2 is 2.10 bits per heavy atom. The molecular weight excluding hydrogens is 324 g/mol. The zero-order chi connectivity index (χ0) is 14.1. The number of rotatable bonds is 2. The summed E-state index contributed by atoms with van der Waals surface area (Å²) in [6.07, 6.45) is 1.64. The average molecular weight is 333 g/mol. The van der Waals surface area contributed by atoms with Crippen LogP contribution in [0, 0.1) is 0 Å². The second-order valence-electron chi connectivity index (χ2n) is 4.03. The fraction of sp³-hybridized carbons (Fsp3) is 0. The van der Waals surface area contributed by atoms with Crippen molar-refractivity contribution in [2.75, 3.05) is 5.73 Å². The van der Waals surface area contributed by atoms with Crippen LogP contribution in [0.3, 0.4) is 0 Å². The maximum atomic E-state index is 9.85. The molecular formula is C13H9BrN4O2. The SMILES string of the molecule is Nc1ccc(-c2nc(-c3ncccc3Br)no2)c(O)c1. The molecule has 2 heterocycles. The molecule has 0 aliphatic carbocycles. The standard InChI is InChI=1S/C13H9BrN4O2/c14-9-2-1-5-16-11(9)12-17-13(20-18-12)8-4-3-7(15)6-10(8)19/h1-6,19H,15H2. The van der Waals surface area contributed by atoms with E-state index in [0.29, 0.717) is 22.8 Å². The second-order valence-corrected chi connectivity index (χ2v) is 4.89. The quantitative estimate of drug-likeness (QED) is 0.700. The third kappa shape index (κ3) is 2.23. The van der Waals surface area contributed by atoms with Crippen LogP contribution in [-0.2, 0) is 0 Å². The lowest BCUT2D eigenvalue weighted by atomic mass is 10.2. The molecule has 0 atom stereocenters. The zero-order valence-corrected chi connectivity index (χ0v) is 11.7.